The van der Waals surface area contributed by atoms with Gasteiger partial charge in [0.05, 0.1) is 13.2 Å². The third-order valence-corrected chi connectivity index (χ3v) is 4.40. The van der Waals surface area contributed by atoms with Crippen LogP contribution in [0.5, 0.6) is 5.75 Å². The van der Waals surface area contributed by atoms with E-state index in [1.807, 2.05) is 32.9 Å². The molecular weight excluding hydrogens is 420 g/mol. The molecule has 0 bridgehead atoms. The molecule has 7 nitrogen and oxygen atoms in total. The second-order valence-corrected chi connectivity index (χ2v) is 8.31. The molecule has 2 aromatic carbocycles. The maximum absolute atomic E-state index is 12.0. The number of carbonyl (C=O) groups is 2. The highest BCUT2D eigenvalue weighted by molar-refractivity contribution is 6.31. The van der Waals surface area contributed by atoms with E-state index in [2.05, 4.69) is 5.32 Å². The van der Waals surface area contributed by atoms with Crippen LogP contribution in [0.25, 0.3) is 0 Å². The fourth-order valence-corrected chi connectivity index (χ4v) is 2.76. The van der Waals surface area contributed by atoms with Crippen molar-refractivity contribution in [2.75, 3.05) is 32.1 Å². The fraction of sp³-hybridized carbons (Fsp3) is 0.391. The predicted octanol–water partition coefficient (Wildman–Crippen LogP) is 5.38. The Hall–Kier alpha value is -2.77. The van der Waals surface area contributed by atoms with Crippen LogP contribution in [0.15, 0.2) is 48.5 Å². The Labute approximate surface area is 188 Å². The molecule has 0 saturated carbocycles. The summed E-state index contributed by atoms with van der Waals surface area (Å²) in [7, 11) is 1.67. The fourth-order valence-electron chi connectivity index (χ4n) is 2.48. The summed E-state index contributed by atoms with van der Waals surface area (Å²) in [5.74, 6) is 0.456. The van der Waals surface area contributed by atoms with Gasteiger partial charge in [0.15, 0.2) is 0 Å². The lowest BCUT2D eigenvalue weighted by Crippen LogP contribution is -2.36. The van der Waals surface area contributed by atoms with E-state index in [9.17, 15) is 9.59 Å². The van der Waals surface area contributed by atoms with E-state index in [1.54, 1.807) is 43.4 Å². The predicted molar refractivity (Wildman–Crippen MR) is 121 cm³/mol. The molecule has 0 aliphatic heterocycles. The van der Waals surface area contributed by atoms with Crippen molar-refractivity contribution >= 4 is 29.5 Å². The molecule has 0 unspecified atom stereocenters. The number of anilines is 1. The number of nitrogens with zero attached hydrogens (tertiary/aromatic N) is 1. The Bertz CT molecular complexity index is 868. The molecule has 0 heterocycles. The molecule has 0 aliphatic rings. The third-order valence-electron chi connectivity index (χ3n) is 4.05. The summed E-state index contributed by atoms with van der Waals surface area (Å²) in [4.78, 5) is 25.3. The summed E-state index contributed by atoms with van der Waals surface area (Å²) in [5.41, 5.74) is 0.904. The van der Waals surface area contributed by atoms with E-state index in [0.29, 0.717) is 42.6 Å². The Morgan fingerprint density at radius 1 is 1.06 bits per heavy atom. The first-order chi connectivity index (χ1) is 14.6. The average Bonchev–Trinajstić information content (AvgIpc) is 2.68. The lowest BCUT2D eigenvalue weighted by Gasteiger charge is -2.24. The number of hydrogen-bond acceptors (Lipinski definition) is 5. The number of carbonyl (C=O) groups excluding carboxylic acids is 2. The van der Waals surface area contributed by atoms with E-state index >= 15 is 0 Å². The number of hydrogen-bond donors (Lipinski definition) is 1. The zero-order valence-corrected chi connectivity index (χ0v) is 19.1. The topological polar surface area (TPSA) is 77.1 Å². The number of likely N-dealkylation sites (N-methyl/N-ethyl adjacent to an activating group) is 1. The van der Waals surface area contributed by atoms with Crippen LogP contribution in [0, 0.1) is 0 Å². The van der Waals surface area contributed by atoms with Crippen LogP contribution in [0.3, 0.4) is 0 Å². The Morgan fingerprint density at radius 2 is 1.77 bits per heavy atom. The van der Waals surface area contributed by atoms with Crippen LogP contribution in [-0.4, -0.2) is 49.5 Å². The molecular formula is C23H29ClN2O5. The van der Waals surface area contributed by atoms with Gasteiger partial charge in [-0.1, -0.05) is 35.9 Å². The second-order valence-electron chi connectivity index (χ2n) is 7.90. The first kappa shape index (κ1) is 24.5. The molecule has 0 aromatic heterocycles. The molecule has 2 rings (SSSR count). The van der Waals surface area contributed by atoms with E-state index in [1.165, 1.54) is 4.90 Å². The normalized spacial score (nSPS) is 11.0. The number of benzene rings is 2. The highest BCUT2D eigenvalue weighted by atomic mass is 35.5. The molecule has 0 fully saturated rings. The van der Waals surface area contributed by atoms with Gasteiger partial charge in [-0.15, -0.1) is 0 Å². The van der Waals surface area contributed by atoms with Gasteiger partial charge in [0.2, 0.25) is 0 Å². The van der Waals surface area contributed by atoms with E-state index in [0.717, 1.165) is 5.56 Å². The van der Waals surface area contributed by atoms with Gasteiger partial charge >= 0.3 is 12.2 Å². The molecule has 8 heteroatoms. The molecule has 0 saturated heterocycles. The zero-order chi connectivity index (χ0) is 22.9. The van der Waals surface area contributed by atoms with Crippen LogP contribution in [-0.2, 0) is 15.9 Å². The highest BCUT2D eigenvalue weighted by Crippen LogP contribution is 2.22. The minimum absolute atomic E-state index is 0.381. The number of rotatable bonds is 8. The summed E-state index contributed by atoms with van der Waals surface area (Å²) in [5, 5.41) is 3.17. The van der Waals surface area contributed by atoms with E-state index < -0.39 is 11.7 Å². The Kier molecular flexibility index (Phi) is 9.15. The Morgan fingerprint density at radius 3 is 2.42 bits per heavy atom. The van der Waals surface area contributed by atoms with Crippen molar-refractivity contribution < 1.29 is 23.8 Å². The first-order valence-corrected chi connectivity index (χ1v) is 10.4. The van der Waals surface area contributed by atoms with Crippen molar-refractivity contribution in [3.8, 4) is 5.75 Å². The first-order valence-electron chi connectivity index (χ1n) is 9.98. The number of halogens is 1. The highest BCUT2D eigenvalue weighted by Gasteiger charge is 2.19. The maximum atomic E-state index is 12.0. The maximum Gasteiger partial charge on any atom is 0.417 e. The van der Waals surface area contributed by atoms with Crippen molar-refractivity contribution in [2.45, 2.75) is 32.8 Å². The molecule has 0 spiro atoms. The second kappa shape index (κ2) is 11.6. The van der Waals surface area contributed by atoms with Gasteiger partial charge in [0, 0.05) is 24.3 Å². The van der Waals surface area contributed by atoms with E-state index in [4.69, 9.17) is 25.8 Å². The summed E-state index contributed by atoms with van der Waals surface area (Å²) in [6.45, 7) is 6.74. The minimum Gasteiger partial charge on any atom is -0.444 e. The van der Waals surface area contributed by atoms with Crippen molar-refractivity contribution in [3.05, 3.63) is 59.1 Å². The molecule has 1 N–H and O–H groups in total. The number of nitrogens with one attached hydrogen (secondary N) is 1. The number of para-hydroxylation sites is 1. The van der Waals surface area contributed by atoms with Crippen molar-refractivity contribution in [3.63, 3.8) is 0 Å². The van der Waals surface area contributed by atoms with Gasteiger partial charge in [0.1, 0.15) is 11.4 Å². The zero-order valence-electron chi connectivity index (χ0n) is 18.3. The SMILES string of the molecule is CN(CCOCCc1ccc(NC(=O)Oc2ccccc2)cc1Cl)C(=O)OC(C)(C)C. The van der Waals surface area contributed by atoms with Crippen LogP contribution in [0.2, 0.25) is 5.02 Å². The summed E-state index contributed by atoms with van der Waals surface area (Å²) < 4.78 is 16.1. The summed E-state index contributed by atoms with van der Waals surface area (Å²) in [6, 6.07) is 14.0. The van der Waals surface area contributed by atoms with Gasteiger partial charge in [-0.05, 0) is 57.0 Å². The third kappa shape index (κ3) is 9.27. The molecule has 0 atom stereocenters. The summed E-state index contributed by atoms with van der Waals surface area (Å²) >= 11 is 6.32. The average molecular weight is 449 g/mol. The largest absolute Gasteiger partial charge is 0.444 e. The van der Waals surface area contributed by atoms with Crippen LogP contribution >= 0.6 is 11.6 Å². The smallest absolute Gasteiger partial charge is 0.417 e. The number of amides is 2. The molecule has 168 valence electrons. The lowest BCUT2D eigenvalue weighted by molar-refractivity contribution is 0.0233. The summed E-state index contributed by atoms with van der Waals surface area (Å²) in [6.07, 6.45) is -0.371. The van der Waals surface area contributed by atoms with E-state index in [-0.39, 0.29) is 6.09 Å². The van der Waals surface area contributed by atoms with Gasteiger partial charge in [-0.3, -0.25) is 5.32 Å². The number of ether oxygens (including phenoxy) is 3. The minimum atomic E-state index is -0.590. The molecule has 2 aromatic rings. The van der Waals surface area contributed by atoms with Gasteiger partial charge < -0.3 is 19.1 Å². The van der Waals surface area contributed by atoms with Gasteiger partial charge in [-0.25, -0.2) is 9.59 Å². The van der Waals surface area contributed by atoms with Crippen molar-refractivity contribution in [1.29, 1.82) is 0 Å². The van der Waals surface area contributed by atoms with Crippen LogP contribution in [0.1, 0.15) is 26.3 Å². The quantitative estimate of drug-likeness (QED) is 0.549. The van der Waals surface area contributed by atoms with Crippen molar-refractivity contribution in [1.82, 2.24) is 4.90 Å². The monoisotopic (exact) mass is 448 g/mol. The van der Waals surface area contributed by atoms with Gasteiger partial charge in [0.25, 0.3) is 0 Å². The van der Waals surface area contributed by atoms with Crippen molar-refractivity contribution in [2.24, 2.45) is 0 Å². The molecule has 0 radical (unpaired) electrons. The Balaban J connectivity index is 1.72. The lowest BCUT2D eigenvalue weighted by atomic mass is 10.1. The molecule has 31 heavy (non-hydrogen) atoms. The van der Waals surface area contributed by atoms with Crippen LogP contribution in [0.4, 0.5) is 15.3 Å². The molecule has 2 amide bonds. The standard InChI is InChI=1S/C23H29ClN2O5/c1-23(2,3)31-22(28)26(4)13-15-29-14-12-17-10-11-18(16-20(17)24)25-21(27)30-19-8-6-5-7-9-19/h5-11,16H,12-15H2,1-4H3,(H,25,27). The van der Waals surface area contributed by atoms with Gasteiger partial charge in [-0.2, -0.15) is 0 Å². The molecule has 0 aliphatic carbocycles. The van der Waals surface area contributed by atoms with Crippen LogP contribution < -0.4 is 10.1 Å².